The van der Waals surface area contributed by atoms with Gasteiger partial charge in [-0.25, -0.2) is 0 Å². The Labute approximate surface area is 106 Å². The highest BCUT2D eigenvalue weighted by Gasteiger charge is 2.22. The van der Waals surface area contributed by atoms with Crippen LogP contribution in [-0.4, -0.2) is 22.1 Å². The van der Waals surface area contributed by atoms with E-state index < -0.39 is 0 Å². The smallest absolute Gasteiger partial charge is 0.272 e. The van der Waals surface area contributed by atoms with Gasteiger partial charge in [0.05, 0.1) is 5.69 Å². The molecule has 1 aliphatic heterocycles. The second-order valence-corrected chi connectivity index (χ2v) is 4.71. The Hall–Kier alpha value is -1.97. The summed E-state index contributed by atoms with van der Waals surface area (Å²) in [6.45, 7) is 0. The van der Waals surface area contributed by atoms with E-state index in [-0.39, 0.29) is 5.91 Å². The first-order valence-corrected chi connectivity index (χ1v) is 6.37. The van der Waals surface area contributed by atoms with Crippen molar-refractivity contribution in [3.63, 3.8) is 0 Å². The maximum Gasteiger partial charge on any atom is 0.272 e. The normalized spacial score (nSPS) is 16.0. The summed E-state index contributed by atoms with van der Waals surface area (Å²) in [5, 5.41) is 11.1. The molecule has 0 saturated heterocycles. The zero-order valence-corrected chi connectivity index (χ0v) is 10.1. The molecule has 0 atom stereocenters. The van der Waals surface area contributed by atoms with Gasteiger partial charge in [-0.05, 0) is 18.9 Å². The van der Waals surface area contributed by atoms with Gasteiger partial charge in [0.25, 0.3) is 5.91 Å². The Morgan fingerprint density at radius 1 is 1.11 bits per heavy atom. The van der Waals surface area contributed by atoms with Gasteiger partial charge >= 0.3 is 0 Å². The van der Waals surface area contributed by atoms with Gasteiger partial charge < -0.3 is 5.32 Å². The molecule has 0 aromatic heterocycles. The number of carbonyl (C=O) groups is 1. The van der Waals surface area contributed by atoms with Crippen molar-refractivity contribution in [2.75, 3.05) is 0 Å². The molecular formula is C14H15N3O. The van der Waals surface area contributed by atoms with Crippen molar-refractivity contribution >= 4 is 5.91 Å². The summed E-state index contributed by atoms with van der Waals surface area (Å²) in [5.41, 5.74) is 2.01. The summed E-state index contributed by atoms with van der Waals surface area (Å²) < 4.78 is 0. The van der Waals surface area contributed by atoms with E-state index in [1.807, 2.05) is 30.3 Å². The molecule has 1 fully saturated rings. The van der Waals surface area contributed by atoms with E-state index in [4.69, 9.17) is 0 Å². The Morgan fingerprint density at radius 2 is 1.89 bits per heavy atom. The van der Waals surface area contributed by atoms with Crippen LogP contribution in [-0.2, 0) is 0 Å². The number of amides is 1. The fourth-order valence-electron chi connectivity index (χ4n) is 2.47. The minimum Gasteiger partial charge on any atom is -0.348 e. The first-order valence-electron chi connectivity index (χ1n) is 6.37. The molecule has 1 heterocycles. The van der Waals surface area contributed by atoms with E-state index in [0.29, 0.717) is 11.7 Å². The number of nitrogens with one attached hydrogen (secondary N) is 1. The van der Waals surface area contributed by atoms with Gasteiger partial charge in [-0.1, -0.05) is 37.1 Å². The average Bonchev–Trinajstić information content (AvgIpc) is 2.95. The van der Waals surface area contributed by atoms with Crippen LogP contribution in [0.4, 0.5) is 0 Å². The minimum atomic E-state index is -0.101. The van der Waals surface area contributed by atoms with E-state index in [9.17, 15) is 4.79 Å². The Bertz CT molecular complexity index is 534. The van der Waals surface area contributed by atoms with Gasteiger partial charge in [-0.3, -0.25) is 4.79 Å². The highest BCUT2D eigenvalue weighted by atomic mass is 16.2. The Balaban J connectivity index is 1.84. The van der Waals surface area contributed by atoms with Crippen molar-refractivity contribution in [3.05, 3.63) is 36.0 Å². The van der Waals surface area contributed by atoms with Crippen molar-refractivity contribution in [1.82, 2.24) is 15.5 Å². The molecular weight excluding hydrogens is 226 g/mol. The van der Waals surface area contributed by atoms with Gasteiger partial charge in [0.2, 0.25) is 0 Å². The monoisotopic (exact) mass is 241 g/mol. The fourth-order valence-corrected chi connectivity index (χ4v) is 2.47. The molecule has 18 heavy (non-hydrogen) atoms. The Morgan fingerprint density at radius 3 is 2.72 bits per heavy atom. The number of hydrogen-bond acceptors (Lipinski definition) is 3. The maximum atomic E-state index is 12.2. The summed E-state index contributed by atoms with van der Waals surface area (Å²) in [6, 6.07) is 9.78. The molecule has 1 amide bonds. The molecule has 1 saturated carbocycles. The molecule has 1 N–H and O–H groups in total. The Kier molecular flexibility index (Phi) is 2.92. The summed E-state index contributed by atoms with van der Waals surface area (Å²) in [6.07, 6.45) is 4.55. The largest absolute Gasteiger partial charge is 0.348 e. The van der Waals surface area contributed by atoms with Crippen LogP contribution in [0.1, 0.15) is 36.2 Å². The van der Waals surface area contributed by atoms with E-state index in [2.05, 4.69) is 15.5 Å². The van der Waals surface area contributed by atoms with Crippen LogP contribution in [0.25, 0.3) is 11.3 Å². The van der Waals surface area contributed by atoms with Crippen molar-refractivity contribution in [1.29, 1.82) is 0 Å². The zero-order chi connectivity index (χ0) is 12.4. The fraction of sp³-hybridized carbons (Fsp3) is 0.357. The second kappa shape index (κ2) is 4.72. The molecule has 2 aliphatic carbocycles. The highest BCUT2D eigenvalue weighted by molar-refractivity contribution is 5.99. The lowest BCUT2D eigenvalue weighted by atomic mass is 10.1. The minimum absolute atomic E-state index is 0.101. The number of carbonyl (C=O) groups excluding carboxylic acids is 1. The zero-order valence-electron chi connectivity index (χ0n) is 10.1. The van der Waals surface area contributed by atoms with Crippen molar-refractivity contribution < 1.29 is 4.79 Å². The van der Waals surface area contributed by atoms with Crippen molar-refractivity contribution in [2.45, 2.75) is 31.7 Å². The molecule has 0 radical (unpaired) electrons. The van der Waals surface area contributed by atoms with Crippen LogP contribution in [0.15, 0.2) is 30.3 Å². The summed E-state index contributed by atoms with van der Waals surface area (Å²) >= 11 is 0. The third-order valence-corrected chi connectivity index (χ3v) is 3.43. The van der Waals surface area contributed by atoms with Crippen LogP contribution >= 0.6 is 0 Å². The van der Waals surface area contributed by atoms with Crippen LogP contribution in [0.2, 0.25) is 0 Å². The molecule has 3 rings (SSSR count). The summed E-state index contributed by atoms with van der Waals surface area (Å²) in [4.78, 5) is 12.2. The predicted octanol–water partition coefficient (Wildman–Crippen LogP) is 2.25. The standard InChI is InChI=1S/C14H15N3O/c18-14(15-10-6-4-5-7-10)13-11-8-2-1-3-9-12(11)16-17-13/h1-3,8-10H,4-7H2,(H,15,18). The molecule has 3 aliphatic rings. The van der Waals surface area contributed by atoms with E-state index >= 15 is 0 Å². The first-order chi connectivity index (χ1) is 8.84. The van der Waals surface area contributed by atoms with Gasteiger partial charge in [-0.2, -0.15) is 0 Å². The number of hydrogen-bond donors (Lipinski definition) is 1. The third kappa shape index (κ3) is 2.06. The lowest BCUT2D eigenvalue weighted by molar-refractivity contribution is 0.0933. The summed E-state index contributed by atoms with van der Waals surface area (Å²) in [5.74, 6) is -0.101. The van der Waals surface area contributed by atoms with Crippen LogP contribution in [0.3, 0.4) is 0 Å². The average molecular weight is 241 g/mol. The van der Waals surface area contributed by atoms with Gasteiger partial charge in [-0.15, -0.1) is 10.2 Å². The second-order valence-electron chi connectivity index (χ2n) is 4.71. The topological polar surface area (TPSA) is 54.9 Å². The lowest BCUT2D eigenvalue weighted by Crippen LogP contribution is -2.33. The number of aromatic nitrogens is 2. The van der Waals surface area contributed by atoms with E-state index in [1.54, 1.807) is 0 Å². The third-order valence-electron chi connectivity index (χ3n) is 3.43. The maximum absolute atomic E-state index is 12.2. The number of fused-ring (bicyclic) bond motifs is 1. The van der Waals surface area contributed by atoms with Gasteiger partial charge in [0.1, 0.15) is 0 Å². The van der Waals surface area contributed by atoms with Crippen LogP contribution in [0.5, 0.6) is 0 Å². The highest BCUT2D eigenvalue weighted by Crippen LogP contribution is 2.23. The molecule has 4 nitrogen and oxygen atoms in total. The molecule has 4 heteroatoms. The van der Waals surface area contributed by atoms with Crippen LogP contribution in [0, 0.1) is 0 Å². The van der Waals surface area contributed by atoms with Crippen LogP contribution < -0.4 is 5.32 Å². The molecule has 0 unspecified atom stereocenters. The quantitative estimate of drug-likeness (QED) is 0.877. The number of nitrogens with zero attached hydrogens (tertiary/aromatic N) is 2. The van der Waals surface area contributed by atoms with Gasteiger partial charge in [0.15, 0.2) is 5.69 Å². The summed E-state index contributed by atoms with van der Waals surface area (Å²) in [7, 11) is 0. The van der Waals surface area contributed by atoms with E-state index in [0.717, 1.165) is 24.1 Å². The van der Waals surface area contributed by atoms with Crippen molar-refractivity contribution in [3.8, 4) is 11.3 Å². The lowest BCUT2D eigenvalue weighted by Gasteiger charge is -2.10. The molecule has 0 aromatic rings. The molecule has 0 spiro atoms. The SMILES string of the molecule is O=C(NC1CCCC1)c1nnc2cccccc1-2. The van der Waals surface area contributed by atoms with E-state index in [1.165, 1.54) is 12.8 Å². The predicted molar refractivity (Wildman–Crippen MR) is 68.4 cm³/mol. The van der Waals surface area contributed by atoms with Crippen molar-refractivity contribution in [2.24, 2.45) is 0 Å². The first kappa shape index (κ1) is 11.1. The molecule has 0 aromatic carbocycles. The van der Waals surface area contributed by atoms with Gasteiger partial charge in [0, 0.05) is 11.6 Å². The molecule has 0 bridgehead atoms. The molecule has 92 valence electrons. The number of rotatable bonds is 2.